The quantitative estimate of drug-likeness (QED) is 0.590. The molecule has 1 aliphatic rings. The number of anilines is 1. The highest BCUT2D eigenvalue weighted by Crippen LogP contribution is 2.12. The molecule has 0 aromatic heterocycles. The highest BCUT2D eigenvalue weighted by atomic mass is 16.2. The molecule has 7 nitrogen and oxygen atoms in total. The van der Waals surface area contributed by atoms with Crippen molar-refractivity contribution < 1.29 is 14.4 Å². The van der Waals surface area contributed by atoms with Gasteiger partial charge in [-0.25, -0.2) is 0 Å². The lowest BCUT2D eigenvalue weighted by atomic mass is 10.1. The van der Waals surface area contributed by atoms with Gasteiger partial charge in [0.2, 0.25) is 11.8 Å². The van der Waals surface area contributed by atoms with Gasteiger partial charge < -0.3 is 21.7 Å². The minimum atomic E-state index is -0.601. The Bertz CT molecular complexity index is 536. The predicted molar refractivity (Wildman–Crippen MR) is 77.6 cm³/mol. The molecular weight excluding hydrogens is 272 g/mol. The van der Waals surface area contributed by atoms with Gasteiger partial charge in [0.05, 0.1) is 12.6 Å². The van der Waals surface area contributed by atoms with Crippen LogP contribution in [0.2, 0.25) is 0 Å². The molecule has 3 amide bonds. The van der Waals surface area contributed by atoms with Gasteiger partial charge in [0.1, 0.15) is 0 Å². The lowest BCUT2D eigenvalue weighted by Crippen LogP contribution is -2.35. The Hall–Kier alpha value is -2.41. The summed E-state index contributed by atoms with van der Waals surface area (Å²) in [6, 6.07) is 6.30. The van der Waals surface area contributed by atoms with Gasteiger partial charge in [0.15, 0.2) is 0 Å². The number of hydrogen-bond donors (Lipinski definition) is 4. The van der Waals surface area contributed by atoms with Crippen LogP contribution in [0.5, 0.6) is 0 Å². The maximum atomic E-state index is 11.9. The van der Waals surface area contributed by atoms with E-state index >= 15 is 0 Å². The van der Waals surface area contributed by atoms with Crippen molar-refractivity contribution in [2.75, 3.05) is 18.4 Å². The van der Waals surface area contributed by atoms with Crippen molar-refractivity contribution >= 4 is 23.4 Å². The molecule has 0 radical (unpaired) electrons. The number of primary amides is 1. The van der Waals surface area contributed by atoms with E-state index < -0.39 is 5.91 Å². The first-order chi connectivity index (χ1) is 10.1. The molecule has 1 atom stereocenters. The molecule has 21 heavy (non-hydrogen) atoms. The van der Waals surface area contributed by atoms with Gasteiger partial charge in [-0.1, -0.05) is 0 Å². The molecule has 5 N–H and O–H groups in total. The summed E-state index contributed by atoms with van der Waals surface area (Å²) in [6.45, 7) is 0.654. The Morgan fingerprint density at radius 2 is 1.95 bits per heavy atom. The van der Waals surface area contributed by atoms with E-state index in [1.54, 1.807) is 24.3 Å². The number of nitrogens with two attached hydrogens (primary N) is 1. The fraction of sp³-hybridized carbons (Fsp3) is 0.357. The van der Waals surface area contributed by atoms with Gasteiger partial charge in [-0.2, -0.15) is 0 Å². The molecule has 1 unspecified atom stereocenters. The molecule has 1 fully saturated rings. The molecule has 1 aromatic carbocycles. The Morgan fingerprint density at radius 1 is 1.24 bits per heavy atom. The molecule has 1 heterocycles. The van der Waals surface area contributed by atoms with Crippen LogP contribution in [0, 0.1) is 0 Å². The number of carbonyl (C=O) groups excluding carboxylic acids is 3. The first kappa shape index (κ1) is 15.0. The molecule has 112 valence electrons. The minimum absolute atomic E-state index is 0.0709. The third kappa shape index (κ3) is 4.28. The van der Waals surface area contributed by atoms with Gasteiger partial charge in [0.25, 0.3) is 5.91 Å². The number of rotatable bonds is 5. The van der Waals surface area contributed by atoms with E-state index in [1.807, 2.05) is 0 Å². The van der Waals surface area contributed by atoms with E-state index in [0.29, 0.717) is 11.3 Å². The second-order valence-electron chi connectivity index (χ2n) is 4.86. The van der Waals surface area contributed by atoms with E-state index in [0.717, 1.165) is 19.4 Å². The zero-order chi connectivity index (χ0) is 15.2. The largest absolute Gasteiger partial charge is 0.368 e. The summed E-state index contributed by atoms with van der Waals surface area (Å²) >= 11 is 0. The van der Waals surface area contributed by atoms with Crippen molar-refractivity contribution in [1.29, 1.82) is 0 Å². The summed E-state index contributed by atoms with van der Waals surface area (Å²) in [6.07, 6.45) is 1.83. The smallest absolute Gasteiger partial charge is 0.251 e. The molecular formula is C14H18N4O3. The molecule has 1 saturated heterocycles. The Kier molecular flexibility index (Phi) is 4.89. The third-order valence-corrected chi connectivity index (χ3v) is 3.21. The average molecular weight is 290 g/mol. The third-order valence-electron chi connectivity index (χ3n) is 3.21. The summed E-state index contributed by atoms with van der Waals surface area (Å²) < 4.78 is 0. The van der Waals surface area contributed by atoms with E-state index in [2.05, 4.69) is 16.0 Å². The maximum Gasteiger partial charge on any atom is 0.251 e. The number of amides is 3. The lowest BCUT2D eigenvalue weighted by molar-refractivity contribution is -0.118. The first-order valence-corrected chi connectivity index (χ1v) is 6.77. The number of benzene rings is 1. The summed E-state index contributed by atoms with van der Waals surface area (Å²) in [4.78, 5) is 34.2. The Balaban J connectivity index is 1.90. The fourth-order valence-corrected chi connectivity index (χ4v) is 2.11. The second kappa shape index (κ2) is 6.85. The molecule has 0 bridgehead atoms. The van der Waals surface area contributed by atoms with Crippen LogP contribution >= 0.6 is 0 Å². The van der Waals surface area contributed by atoms with Crippen LogP contribution in [0.25, 0.3) is 0 Å². The van der Waals surface area contributed by atoms with Crippen molar-refractivity contribution in [3.05, 3.63) is 29.8 Å². The summed E-state index contributed by atoms with van der Waals surface area (Å²) in [5.41, 5.74) is 5.97. The molecule has 1 aromatic rings. The van der Waals surface area contributed by atoms with Crippen LogP contribution in [0.1, 0.15) is 23.2 Å². The van der Waals surface area contributed by atoms with Gasteiger partial charge in [-0.15, -0.1) is 0 Å². The molecule has 7 heteroatoms. The standard InChI is InChI=1S/C14H18N4O3/c15-12(19)8-17-13(20)9-3-5-10(6-4-9)18-14(21)11-2-1-7-16-11/h3-6,11,16H,1-2,7-8H2,(H2,15,19)(H,17,20)(H,18,21). The summed E-state index contributed by atoms with van der Waals surface area (Å²) in [5, 5.41) is 8.30. The van der Waals surface area contributed by atoms with Crippen LogP contribution in [-0.2, 0) is 9.59 Å². The van der Waals surface area contributed by atoms with E-state index in [9.17, 15) is 14.4 Å². The van der Waals surface area contributed by atoms with Crippen LogP contribution in [0.4, 0.5) is 5.69 Å². The topological polar surface area (TPSA) is 113 Å². The zero-order valence-electron chi connectivity index (χ0n) is 11.5. The van der Waals surface area contributed by atoms with Crippen molar-refractivity contribution in [2.45, 2.75) is 18.9 Å². The van der Waals surface area contributed by atoms with Crippen LogP contribution in [0.3, 0.4) is 0 Å². The first-order valence-electron chi connectivity index (χ1n) is 6.77. The minimum Gasteiger partial charge on any atom is -0.368 e. The Morgan fingerprint density at radius 3 is 2.52 bits per heavy atom. The number of nitrogens with one attached hydrogen (secondary N) is 3. The molecule has 0 spiro atoms. The molecule has 1 aliphatic heterocycles. The highest BCUT2D eigenvalue weighted by Gasteiger charge is 2.21. The average Bonchev–Trinajstić information content (AvgIpc) is 3.00. The highest BCUT2D eigenvalue weighted by molar-refractivity contribution is 5.98. The van der Waals surface area contributed by atoms with Crippen LogP contribution < -0.4 is 21.7 Å². The van der Waals surface area contributed by atoms with Gasteiger partial charge >= 0.3 is 0 Å². The maximum absolute atomic E-state index is 11.9. The number of carbonyl (C=O) groups is 3. The van der Waals surface area contributed by atoms with Gasteiger partial charge in [0, 0.05) is 11.3 Å². The molecule has 0 saturated carbocycles. The van der Waals surface area contributed by atoms with Crippen molar-refractivity contribution in [1.82, 2.24) is 10.6 Å². The fourth-order valence-electron chi connectivity index (χ4n) is 2.11. The normalized spacial score (nSPS) is 17.2. The zero-order valence-corrected chi connectivity index (χ0v) is 11.5. The van der Waals surface area contributed by atoms with Crippen LogP contribution in [-0.4, -0.2) is 36.9 Å². The van der Waals surface area contributed by atoms with Crippen molar-refractivity contribution in [2.24, 2.45) is 5.73 Å². The second-order valence-corrected chi connectivity index (χ2v) is 4.86. The van der Waals surface area contributed by atoms with E-state index in [-0.39, 0.29) is 24.4 Å². The Labute approximate surface area is 122 Å². The number of hydrogen-bond acceptors (Lipinski definition) is 4. The van der Waals surface area contributed by atoms with Gasteiger partial charge in [-0.3, -0.25) is 14.4 Å². The molecule has 2 rings (SSSR count). The van der Waals surface area contributed by atoms with Crippen LogP contribution in [0.15, 0.2) is 24.3 Å². The monoisotopic (exact) mass is 290 g/mol. The lowest BCUT2D eigenvalue weighted by Gasteiger charge is -2.11. The van der Waals surface area contributed by atoms with Gasteiger partial charge in [-0.05, 0) is 43.7 Å². The van der Waals surface area contributed by atoms with E-state index in [1.165, 1.54) is 0 Å². The molecule has 0 aliphatic carbocycles. The van der Waals surface area contributed by atoms with Crippen molar-refractivity contribution in [3.63, 3.8) is 0 Å². The predicted octanol–water partition coefficient (Wildman–Crippen LogP) is -0.408. The summed E-state index contributed by atoms with van der Waals surface area (Å²) in [7, 11) is 0. The summed E-state index contributed by atoms with van der Waals surface area (Å²) in [5.74, 6) is -1.06. The van der Waals surface area contributed by atoms with E-state index in [4.69, 9.17) is 5.73 Å². The van der Waals surface area contributed by atoms with Crippen molar-refractivity contribution in [3.8, 4) is 0 Å². The SMILES string of the molecule is NC(=O)CNC(=O)c1ccc(NC(=O)C2CCCN2)cc1.